The number of amides is 4. The minimum Gasteiger partial charge on any atom is -0.453 e. The van der Waals surface area contributed by atoms with E-state index in [2.05, 4.69) is 83.0 Å². The van der Waals surface area contributed by atoms with Crippen molar-refractivity contribution in [2.45, 2.75) is 138 Å². The van der Waals surface area contributed by atoms with Crippen LogP contribution in [0.5, 0.6) is 0 Å². The van der Waals surface area contributed by atoms with Gasteiger partial charge in [-0.2, -0.15) is 0 Å². The number of benzene rings is 2. The Morgan fingerprint density at radius 2 is 0.985 bits per heavy atom. The topological polar surface area (TPSA) is 193 Å². The van der Waals surface area contributed by atoms with Crippen molar-refractivity contribution in [1.29, 1.82) is 0 Å². The second-order valence-electron chi connectivity index (χ2n) is 19.7. The SMILES string of the molecule is COC(=O)N[C@H](C(=O)N1[C@@H](C)CC[C@H]1c1ncc(-c2ccc(-c3ccc(-c4cnc([C@@H]5CC[C@H](C)N5C(=O)[C@@H](NC(=O)OC)[C@H]5CCOC6(CC6)C5)[nH]4)cc3)cc2)[nH]1)[C@H]1CCOC2(CC2)C1. The summed E-state index contributed by atoms with van der Waals surface area (Å²) in [6.07, 6.45) is 12.5. The molecule has 0 unspecified atom stereocenters. The van der Waals surface area contributed by atoms with E-state index in [1.807, 2.05) is 22.2 Å². The lowest BCUT2D eigenvalue weighted by atomic mass is 9.86. The Hall–Kier alpha value is -5.74. The Morgan fingerprint density at radius 1 is 0.606 bits per heavy atom. The molecule has 4 aromatic rings. The number of alkyl carbamates (subject to hydrolysis) is 2. The van der Waals surface area contributed by atoms with Gasteiger partial charge in [-0.25, -0.2) is 19.6 Å². The van der Waals surface area contributed by atoms with Crippen molar-refractivity contribution >= 4 is 24.0 Å². The first kappa shape index (κ1) is 44.1. The first-order chi connectivity index (χ1) is 32.0. The Morgan fingerprint density at radius 3 is 1.35 bits per heavy atom. The summed E-state index contributed by atoms with van der Waals surface area (Å²) in [5.74, 6) is 1.20. The fourth-order valence-corrected chi connectivity index (χ4v) is 11.4. The molecular formula is C50H62N8O8. The van der Waals surface area contributed by atoms with E-state index in [1.54, 1.807) is 0 Å². The van der Waals surface area contributed by atoms with Gasteiger partial charge in [0.05, 0.1) is 61.3 Å². The van der Waals surface area contributed by atoms with Gasteiger partial charge in [-0.3, -0.25) is 9.59 Å². The van der Waals surface area contributed by atoms with Crippen LogP contribution in [0.2, 0.25) is 0 Å². The second kappa shape index (κ2) is 17.8. The van der Waals surface area contributed by atoms with Crippen molar-refractivity contribution in [2.75, 3.05) is 27.4 Å². The van der Waals surface area contributed by atoms with E-state index < -0.39 is 24.3 Å². The molecule has 4 aliphatic heterocycles. The number of hydrogen-bond donors (Lipinski definition) is 4. The Kier molecular flexibility index (Phi) is 11.9. The fourth-order valence-electron chi connectivity index (χ4n) is 11.4. The smallest absolute Gasteiger partial charge is 0.407 e. The van der Waals surface area contributed by atoms with Gasteiger partial charge in [-0.15, -0.1) is 0 Å². The average Bonchev–Trinajstić information content (AvgIpc) is 3.87. The first-order valence-corrected chi connectivity index (χ1v) is 23.9. The van der Waals surface area contributed by atoms with Crippen LogP contribution >= 0.6 is 0 Å². The van der Waals surface area contributed by atoms with E-state index in [9.17, 15) is 19.2 Å². The lowest BCUT2D eigenvalue weighted by molar-refractivity contribution is -0.140. The third-order valence-corrected chi connectivity index (χ3v) is 15.5. The van der Waals surface area contributed by atoms with Gasteiger partial charge >= 0.3 is 12.2 Å². The molecule has 16 heteroatoms. The highest BCUT2D eigenvalue weighted by Crippen LogP contribution is 2.51. The summed E-state index contributed by atoms with van der Waals surface area (Å²) >= 11 is 0. The van der Waals surface area contributed by atoms with E-state index in [1.165, 1.54) is 14.2 Å². The number of aromatic nitrogens is 4. The predicted molar refractivity (Wildman–Crippen MR) is 244 cm³/mol. The highest BCUT2D eigenvalue weighted by Gasteiger charge is 2.53. The molecule has 2 aromatic heterocycles. The summed E-state index contributed by atoms with van der Waals surface area (Å²) in [4.78, 5) is 74.4. The van der Waals surface area contributed by atoms with Crippen LogP contribution in [-0.4, -0.2) is 117 Å². The van der Waals surface area contributed by atoms with Crippen LogP contribution in [0.25, 0.3) is 33.6 Å². The third kappa shape index (κ3) is 8.69. The number of imidazole rings is 2. The zero-order chi connectivity index (χ0) is 45.7. The van der Waals surface area contributed by atoms with Crippen molar-refractivity contribution in [3.05, 3.63) is 72.6 Å². The molecule has 2 spiro atoms. The summed E-state index contributed by atoms with van der Waals surface area (Å²) in [5.41, 5.74) is 5.49. The van der Waals surface area contributed by atoms with Gasteiger partial charge in [-0.05, 0) is 125 Å². The van der Waals surface area contributed by atoms with Crippen molar-refractivity contribution in [1.82, 2.24) is 40.4 Å². The molecule has 350 valence electrons. The standard InChI is InChI=1S/C50H62N8O8/c1-29-5-15-39(57(29)45(59)41(55-47(61)63-3)35-17-23-65-49(25-35)19-20-49)43-51-27-37(53-43)33-11-7-31(8-12-33)32-9-13-34(14-10-32)38-28-52-44(54-38)40-16-6-30(2)58(40)46(60)42(56-48(62)64-4)36-18-24-66-50(26-36)21-22-50/h7-14,27-30,35-36,39-42H,5-6,15-26H2,1-4H3,(H,51,53)(H,52,54)(H,55,61)(H,56,62)/t29-,30-,35-,36-,39-,40-,41-,42-/m0/s1. The predicted octanol–water partition coefficient (Wildman–Crippen LogP) is 7.61. The summed E-state index contributed by atoms with van der Waals surface area (Å²) < 4.78 is 22.0. The number of carbonyl (C=O) groups is 4. The number of methoxy groups -OCH3 is 2. The van der Waals surface area contributed by atoms with Crippen molar-refractivity contribution in [3.8, 4) is 33.6 Å². The number of aromatic amines is 2. The van der Waals surface area contributed by atoms with Crippen LogP contribution < -0.4 is 10.6 Å². The van der Waals surface area contributed by atoms with Crippen molar-refractivity contribution in [2.24, 2.45) is 11.8 Å². The molecule has 0 radical (unpaired) electrons. The molecule has 0 bridgehead atoms. The van der Waals surface area contributed by atoms with E-state index in [-0.39, 0.29) is 59.0 Å². The molecule has 2 aliphatic carbocycles. The van der Waals surface area contributed by atoms with Crippen molar-refractivity contribution < 1.29 is 38.1 Å². The van der Waals surface area contributed by atoms with E-state index in [4.69, 9.17) is 28.9 Å². The van der Waals surface area contributed by atoms with Gasteiger partial charge in [0.25, 0.3) is 0 Å². The normalized spacial score (nSPS) is 27.0. The minimum absolute atomic E-state index is 0.0146. The highest BCUT2D eigenvalue weighted by atomic mass is 16.5. The van der Waals surface area contributed by atoms with Gasteiger partial charge in [0, 0.05) is 25.3 Å². The lowest BCUT2D eigenvalue weighted by Gasteiger charge is -2.38. The van der Waals surface area contributed by atoms with E-state index in [0.717, 1.165) is 109 Å². The molecule has 4 amide bonds. The molecule has 6 fully saturated rings. The van der Waals surface area contributed by atoms with Gasteiger partial charge < -0.3 is 49.3 Å². The van der Waals surface area contributed by atoms with Gasteiger partial charge in [0.15, 0.2) is 0 Å². The Balaban J connectivity index is 0.802. The monoisotopic (exact) mass is 902 g/mol. The lowest BCUT2D eigenvalue weighted by Crippen LogP contribution is -2.55. The number of rotatable bonds is 11. The van der Waals surface area contributed by atoms with Crippen LogP contribution in [0.15, 0.2) is 60.9 Å². The zero-order valence-corrected chi connectivity index (χ0v) is 38.3. The van der Waals surface area contributed by atoms with Gasteiger partial charge in [-0.1, -0.05) is 48.5 Å². The van der Waals surface area contributed by atoms with Crippen LogP contribution in [0.3, 0.4) is 0 Å². The molecule has 66 heavy (non-hydrogen) atoms. The average molecular weight is 903 g/mol. The molecule has 16 nitrogen and oxygen atoms in total. The number of ether oxygens (including phenoxy) is 4. The van der Waals surface area contributed by atoms with Gasteiger partial charge in [0.2, 0.25) is 11.8 Å². The van der Waals surface area contributed by atoms with E-state index >= 15 is 0 Å². The first-order valence-electron chi connectivity index (χ1n) is 23.9. The van der Waals surface area contributed by atoms with Crippen LogP contribution in [-0.2, 0) is 28.5 Å². The number of nitrogens with one attached hydrogen (secondary N) is 4. The number of H-pyrrole nitrogens is 2. The summed E-state index contributed by atoms with van der Waals surface area (Å²) in [6.45, 7) is 5.29. The number of nitrogens with zero attached hydrogens (tertiary/aromatic N) is 4. The van der Waals surface area contributed by atoms with Crippen LogP contribution in [0, 0.1) is 11.8 Å². The van der Waals surface area contributed by atoms with Gasteiger partial charge in [0.1, 0.15) is 23.7 Å². The molecule has 6 heterocycles. The molecule has 4 N–H and O–H groups in total. The number of hydrogen-bond acceptors (Lipinski definition) is 10. The van der Waals surface area contributed by atoms with Crippen LogP contribution in [0.1, 0.15) is 115 Å². The fraction of sp³-hybridized carbons (Fsp3) is 0.560. The van der Waals surface area contributed by atoms with E-state index in [0.29, 0.717) is 26.1 Å². The quantitative estimate of drug-likeness (QED) is 0.117. The Bertz CT molecular complexity index is 2260. The molecule has 8 atom stereocenters. The minimum atomic E-state index is -0.700. The molecule has 2 saturated carbocycles. The maximum Gasteiger partial charge on any atom is 0.407 e. The zero-order valence-electron chi connectivity index (χ0n) is 38.3. The number of likely N-dealkylation sites (tertiary alicyclic amines) is 2. The molecule has 4 saturated heterocycles. The molecule has 2 aromatic carbocycles. The maximum absolute atomic E-state index is 14.4. The Labute approximate surface area is 385 Å². The summed E-state index contributed by atoms with van der Waals surface area (Å²) in [6, 6.07) is 14.7. The highest BCUT2D eigenvalue weighted by molar-refractivity contribution is 5.88. The second-order valence-corrected chi connectivity index (χ2v) is 19.7. The van der Waals surface area contributed by atoms with Crippen LogP contribution in [0.4, 0.5) is 9.59 Å². The third-order valence-electron chi connectivity index (χ3n) is 15.5. The maximum atomic E-state index is 14.4. The molecule has 10 rings (SSSR count). The summed E-state index contributed by atoms with van der Waals surface area (Å²) in [7, 11) is 2.65. The van der Waals surface area contributed by atoms with Crippen molar-refractivity contribution in [3.63, 3.8) is 0 Å². The number of carbonyl (C=O) groups excluding carboxylic acids is 4. The largest absolute Gasteiger partial charge is 0.453 e. The molecule has 6 aliphatic rings. The molecular weight excluding hydrogens is 841 g/mol. The summed E-state index contributed by atoms with van der Waals surface area (Å²) in [5, 5.41) is 5.80.